The van der Waals surface area contributed by atoms with Gasteiger partial charge in [0, 0.05) is 23.3 Å². The van der Waals surface area contributed by atoms with Crippen LogP contribution in [0.3, 0.4) is 0 Å². The standard InChI is InChI=1S/C18H16ClN3O3/c1-11(23)20-13-4-6-14(7-5-13)21-16-10-17(24)22(18(16)25)15-8-2-12(19)3-9-15/h2-9,16,21H,10H2,1H3,(H,20,23)/t16-/m0/s1. The molecule has 128 valence electrons. The van der Waals surface area contributed by atoms with E-state index < -0.39 is 6.04 Å². The van der Waals surface area contributed by atoms with Crippen molar-refractivity contribution in [3.63, 3.8) is 0 Å². The molecular weight excluding hydrogens is 342 g/mol. The van der Waals surface area contributed by atoms with Crippen LogP contribution in [0.15, 0.2) is 48.5 Å². The van der Waals surface area contributed by atoms with Gasteiger partial charge in [0.25, 0.3) is 5.91 Å². The van der Waals surface area contributed by atoms with Crippen molar-refractivity contribution in [1.29, 1.82) is 0 Å². The Labute approximate surface area is 149 Å². The fourth-order valence-electron chi connectivity index (χ4n) is 2.66. The molecule has 1 saturated heterocycles. The molecule has 1 aliphatic heterocycles. The molecule has 6 nitrogen and oxygen atoms in total. The number of hydrogen-bond acceptors (Lipinski definition) is 4. The maximum atomic E-state index is 12.6. The number of carbonyl (C=O) groups is 3. The summed E-state index contributed by atoms with van der Waals surface area (Å²) in [6.07, 6.45) is 0.0783. The molecule has 1 fully saturated rings. The predicted molar refractivity (Wildman–Crippen MR) is 96.7 cm³/mol. The molecule has 25 heavy (non-hydrogen) atoms. The van der Waals surface area contributed by atoms with Crippen LogP contribution in [-0.4, -0.2) is 23.8 Å². The van der Waals surface area contributed by atoms with Crippen LogP contribution in [0.5, 0.6) is 0 Å². The highest BCUT2D eigenvalue weighted by Gasteiger charge is 2.39. The highest BCUT2D eigenvalue weighted by atomic mass is 35.5. The lowest BCUT2D eigenvalue weighted by molar-refractivity contribution is -0.121. The van der Waals surface area contributed by atoms with Crippen molar-refractivity contribution >= 4 is 46.4 Å². The summed E-state index contributed by atoms with van der Waals surface area (Å²) >= 11 is 5.84. The van der Waals surface area contributed by atoms with E-state index in [1.165, 1.54) is 11.8 Å². The SMILES string of the molecule is CC(=O)Nc1ccc(N[C@H]2CC(=O)N(c3ccc(Cl)cc3)C2=O)cc1. The highest BCUT2D eigenvalue weighted by Crippen LogP contribution is 2.26. The number of anilines is 3. The number of nitrogens with zero attached hydrogens (tertiary/aromatic N) is 1. The zero-order chi connectivity index (χ0) is 18.0. The summed E-state index contributed by atoms with van der Waals surface area (Å²) < 4.78 is 0. The van der Waals surface area contributed by atoms with Gasteiger partial charge in [0.05, 0.1) is 12.1 Å². The third-order valence-electron chi connectivity index (χ3n) is 3.78. The Hall–Kier alpha value is -2.86. The largest absolute Gasteiger partial charge is 0.373 e. The van der Waals surface area contributed by atoms with Gasteiger partial charge in [-0.3, -0.25) is 14.4 Å². The number of nitrogens with one attached hydrogen (secondary N) is 2. The summed E-state index contributed by atoms with van der Waals surface area (Å²) in [5, 5.41) is 6.27. The zero-order valence-electron chi connectivity index (χ0n) is 13.5. The molecule has 0 spiro atoms. The minimum Gasteiger partial charge on any atom is -0.373 e. The molecule has 0 aromatic heterocycles. The van der Waals surface area contributed by atoms with E-state index in [1.54, 1.807) is 48.5 Å². The van der Waals surface area contributed by atoms with Crippen molar-refractivity contribution in [3.8, 4) is 0 Å². The van der Waals surface area contributed by atoms with Gasteiger partial charge in [-0.05, 0) is 48.5 Å². The second-order valence-electron chi connectivity index (χ2n) is 5.70. The molecule has 3 rings (SSSR count). The first-order chi connectivity index (χ1) is 11.9. The second-order valence-corrected chi connectivity index (χ2v) is 6.14. The van der Waals surface area contributed by atoms with E-state index in [2.05, 4.69) is 10.6 Å². The molecule has 1 heterocycles. The Kier molecular flexibility index (Phi) is 4.72. The molecule has 0 bridgehead atoms. The Balaban J connectivity index is 1.71. The molecule has 1 aliphatic rings. The molecule has 7 heteroatoms. The van der Waals surface area contributed by atoms with Gasteiger partial charge in [-0.1, -0.05) is 11.6 Å². The Morgan fingerprint density at radius 3 is 2.24 bits per heavy atom. The van der Waals surface area contributed by atoms with Gasteiger partial charge in [0.15, 0.2) is 0 Å². The topological polar surface area (TPSA) is 78.5 Å². The normalized spacial score (nSPS) is 16.9. The first kappa shape index (κ1) is 17.0. The number of benzene rings is 2. The van der Waals surface area contributed by atoms with Crippen molar-refractivity contribution in [1.82, 2.24) is 0 Å². The van der Waals surface area contributed by atoms with Crippen LogP contribution in [0.4, 0.5) is 17.1 Å². The summed E-state index contributed by atoms with van der Waals surface area (Å²) in [6.45, 7) is 1.43. The third kappa shape index (κ3) is 3.80. The molecule has 2 aromatic carbocycles. The van der Waals surface area contributed by atoms with Crippen molar-refractivity contribution in [3.05, 3.63) is 53.6 Å². The van der Waals surface area contributed by atoms with E-state index >= 15 is 0 Å². The lowest BCUT2D eigenvalue weighted by Crippen LogP contribution is -2.34. The van der Waals surface area contributed by atoms with Gasteiger partial charge in [0.1, 0.15) is 6.04 Å². The third-order valence-corrected chi connectivity index (χ3v) is 4.03. The van der Waals surface area contributed by atoms with Crippen LogP contribution < -0.4 is 15.5 Å². The molecule has 0 aliphatic carbocycles. The van der Waals surface area contributed by atoms with Gasteiger partial charge < -0.3 is 10.6 Å². The van der Waals surface area contributed by atoms with Gasteiger partial charge >= 0.3 is 0 Å². The zero-order valence-corrected chi connectivity index (χ0v) is 14.2. The van der Waals surface area contributed by atoms with Crippen LogP contribution in [-0.2, 0) is 14.4 Å². The molecule has 3 amide bonds. The lowest BCUT2D eigenvalue weighted by Gasteiger charge is -2.16. The van der Waals surface area contributed by atoms with Crippen LogP contribution in [0, 0.1) is 0 Å². The summed E-state index contributed by atoms with van der Waals surface area (Å²) in [6, 6.07) is 12.9. The lowest BCUT2D eigenvalue weighted by atomic mass is 10.2. The van der Waals surface area contributed by atoms with Gasteiger partial charge in [-0.15, -0.1) is 0 Å². The molecule has 1 atom stereocenters. The second kappa shape index (κ2) is 6.94. The van der Waals surface area contributed by atoms with Gasteiger partial charge in [0.2, 0.25) is 11.8 Å². The van der Waals surface area contributed by atoms with Gasteiger partial charge in [-0.25, -0.2) is 4.90 Å². The quantitative estimate of drug-likeness (QED) is 0.824. The first-order valence-corrected chi connectivity index (χ1v) is 8.08. The minimum absolute atomic E-state index is 0.0783. The summed E-state index contributed by atoms with van der Waals surface area (Å²) in [5.74, 6) is -0.728. The summed E-state index contributed by atoms with van der Waals surface area (Å²) in [4.78, 5) is 37.0. The maximum absolute atomic E-state index is 12.6. The van der Waals surface area contributed by atoms with Crippen LogP contribution in [0.25, 0.3) is 0 Å². The average molecular weight is 358 g/mol. The molecule has 2 N–H and O–H groups in total. The monoisotopic (exact) mass is 357 g/mol. The fourth-order valence-corrected chi connectivity index (χ4v) is 2.79. The Morgan fingerprint density at radius 2 is 1.64 bits per heavy atom. The van der Waals surface area contributed by atoms with Crippen LogP contribution in [0.1, 0.15) is 13.3 Å². The first-order valence-electron chi connectivity index (χ1n) is 7.70. The van der Waals surface area contributed by atoms with Crippen molar-refractivity contribution in [2.24, 2.45) is 0 Å². The number of amides is 3. The maximum Gasteiger partial charge on any atom is 0.256 e. The van der Waals surface area contributed by atoms with Crippen molar-refractivity contribution in [2.75, 3.05) is 15.5 Å². The minimum atomic E-state index is -0.630. The molecule has 2 aromatic rings. The number of carbonyl (C=O) groups excluding carboxylic acids is 3. The van der Waals surface area contributed by atoms with E-state index in [4.69, 9.17) is 11.6 Å². The molecule has 0 radical (unpaired) electrons. The fraction of sp³-hybridized carbons (Fsp3) is 0.167. The Morgan fingerprint density at radius 1 is 1.04 bits per heavy atom. The number of halogens is 1. The van der Waals surface area contributed by atoms with Gasteiger partial charge in [-0.2, -0.15) is 0 Å². The predicted octanol–water partition coefficient (Wildman–Crippen LogP) is 3.04. The van der Waals surface area contributed by atoms with E-state index in [1.807, 2.05) is 0 Å². The van der Waals surface area contributed by atoms with E-state index in [-0.39, 0.29) is 24.1 Å². The summed E-state index contributed by atoms with van der Waals surface area (Å²) in [5.41, 5.74) is 1.86. The number of hydrogen-bond donors (Lipinski definition) is 2. The molecule has 0 saturated carbocycles. The molecule has 0 unspecified atom stereocenters. The van der Waals surface area contributed by atoms with Crippen molar-refractivity contribution < 1.29 is 14.4 Å². The number of imide groups is 1. The average Bonchev–Trinajstić information content (AvgIpc) is 2.84. The van der Waals surface area contributed by atoms with Crippen LogP contribution in [0.2, 0.25) is 5.02 Å². The number of rotatable bonds is 4. The van der Waals surface area contributed by atoms with Crippen LogP contribution >= 0.6 is 11.6 Å². The summed E-state index contributed by atoms with van der Waals surface area (Å²) in [7, 11) is 0. The Bertz CT molecular complexity index is 818. The highest BCUT2D eigenvalue weighted by molar-refractivity contribution is 6.30. The van der Waals surface area contributed by atoms with E-state index in [0.717, 1.165) is 0 Å². The van der Waals surface area contributed by atoms with Crippen molar-refractivity contribution in [2.45, 2.75) is 19.4 Å². The van der Waals surface area contributed by atoms with E-state index in [0.29, 0.717) is 22.1 Å². The van der Waals surface area contributed by atoms with E-state index in [9.17, 15) is 14.4 Å². The smallest absolute Gasteiger partial charge is 0.256 e. The molecular formula is C18H16ClN3O3.